The summed E-state index contributed by atoms with van der Waals surface area (Å²) in [5.41, 5.74) is 1.87. The van der Waals surface area contributed by atoms with Gasteiger partial charge in [-0.1, -0.05) is 44.2 Å². The fraction of sp³-hybridized carbons (Fsp3) is 0.409. The molecule has 2 rings (SSSR count). The summed E-state index contributed by atoms with van der Waals surface area (Å²) >= 11 is 0. The molecule has 0 spiro atoms. The highest BCUT2D eigenvalue weighted by atomic mass is 16.7. The zero-order chi connectivity index (χ0) is 18.8. The Kier molecular flexibility index (Phi) is 8.16. The Hall–Kier alpha value is -2.33. The van der Waals surface area contributed by atoms with E-state index in [0.717, 1.165) is 12.2 Å². The van der Waals surface area contributed by atoms with Gasteiger partial charge in [0.1, 0.15) is 5.75 Å². The van der Waals surface area contributed by atoms with E-state index in [1.54, 1.807) is 12.1 Å². The molecule has 2 aromatic carbocycles. The molecule has 0 saturated carbocycles. The monoisotopic (exact) mass is 356 g/mol. The largest absolute Gasteiger partial charge is 0.465 e. The van der Waals surface area contributed by atoms with Crippen molar-refractivity contribution in [3.63, 3.8) is 0 Å². The van der Waals surface area contributed by atoms with Gasteiger partial charge in [-0.25, -0.2) is 4.79 Å². The highest BCUT2D eigenvalue weighted by molar-refractivity contribution is 5.89. The second kappa shape index (κ2) is 10.6. The van der Waals surface area contributed by atoms with Gasteiger partial charge in [0.15, 0.2) is 6.29 Å². The van der Waals surface area contributed by atoms with Crippen molar-refractivity contribution in [3.8, 4) is 5.75 Å². The van der Waals surface area contributed by atoms with Crippen LogP contribution in [0.5, 0.6) is 5.75 Å². The molecule has 0 N–H and O–H groups in total. The molecular formula is C22H28O4. The maximum absolute atomic E-state index is 11.8. The smallest absolute Gasteiger partial charge is 0.338 e. The summed E-state index contributed by atoms with van der Waals surface area (Å²) in [4.78, 5) is 11.8. The second-order valence-corrected chi connectivity index (χ2v) is 6.29. The number of hydrogen-bond donors (Lipinski definition) is 0. The summed E-state index contributed by atoms with van der Waals surface area (Å²) in [5, 5.41) is 0. The quantitative estimate of drug-likeness (QED) is 0.334. The molecule has 0 aliphatic carbocycles. The Balaban J connectivity index is 1.63. The summed E-state index contributed by atoms with van der Waals surface area (Å²) in [6.07, 6.45) is 1.39. The van der Waals surface area contributed by atoms with E-state index in [2.05, 4.69) is 26.0 Å². The zero-order valence-electron chi connectivity index (χ0n) is 15.8. The van der Waals surface area contributed by atoms with Gasteiger partial charge in [-0.15, -0.1) is 0 Å². The molecule has 0 bridgehead atoms. The molecule has 140 valence electrons. The first-order chi connectivity index (χ1) is 12.6. The van der Waals surface area contributed by atoms with Crippen LogP contribution in [-0.2, 0) is 9.47 Å². The number of rotatable bonds is 10. The van der Waals surface area contributed by atoms with Crippen molar-refractivity contribution >= 4 is 5.97 Å². The van der Waals surface area contributed by atoms with Crippen molar-refractivity contribution in [2.45, 2.75) is 45.8 Å². The summed E-state index contributed by atoms with van der Waals surface area (Å²) in [6, 6.07) is 17.1. The van der Waals surface area contributed by atoms with Crippen LogP contribution in [0.25, 0.3) is 0 Å². The third-order valence-corrected chi connectivity index (χ3v) is 4.25. The predicted octanol–water partition coefficient (Wildman–Crippen LogP) is 5.19. The van der Waals surface area contributed by atoms with Crippen molar-refractivity contribution in [1.29, 1.82) is 0 Å². The van der Waals surface area contributed by atoms with Crippen molar-refractivity contribution in [2.24, 2.45) is 0 Å². The molecule has 0 fully saturated rings. The predicted molar refractivity (Wildman–Crippen MR) is 103 cm³/mol. The molecule has 0 radical (unpaired) electrons. The van der Waals surface area contributed by atoms with E-state index in [4.69, 9.17) is 14.2 Å². The number of esters is 1. The van der Waals surface area contributed by atoms with E-state index < -0.39 is 0 Å². The minimum atomic E-state index is -0.353. The van der Waals surface area contributed by atoms with E-state index >= 15 is 0 Å². The first-order valence-electron chi connectivity index (χ1n) is 9.20. The van der Waals surface area contributed by atoms with Crippen LogP contribution in [0, 0.1) is 0 Å². The normalized spacial score (nSPS) is 13.0. The standard InChI is InChI=1S/C22H28O4/c1-4-17(2)19-11-13-21(14-12-19)26-18(3)24-15-8-16-25-22(23)20-9-6-5-7-10-20/h5-7,9-14,17-18H,4,8,15-16H2,1-3H3. The molecule has 0 aliphatic rings. The molecule has 0 amide bonds. The minimum absolute atomic E-state index is 0.309. The van der Waals surface area contributed by atoms with Gasteiger partial charge < -0.3 is 14.2 Å². The molecule has 0 aliphatic heterocycles. The molecule has 4 heteroatoms. The van der Waals surface area contributed by atoms with Crippen LogP contribution in [0.4, 0.5) is 0 Å². The maximum Gasteiger partial charge on any atom is 0.338 e. The number of benzene rings is 2. The number of hydrogen-bond acceptors (Lipinski definition) is 4. The number of ether oxygens (including phenoxy) is 3. The van der Waals surface area contributed by atoms with E-state index in [1.165, 1.54) is 5.56 Å². The van der Waals surface area contributed by atoms with Crippen molar-refractivity contribution in [1.82, 2.24) is 0 Å². The molecule has 4 nitrogen and oxygen atoms in total. The lowest BCUT2D eigenvalue weighted by Crippen LogP contribution is -2.18. The first kappa shape index (κ1) is 20.0. The van der Waals surface area contributed by atoms with Crippen molar-refractivity contribution < 1.29 is 19.0 Å². The lowest BCUT2D eigenvalue weighted by atomic mass is 9.99. The second-order valence-electron chi connectivity index (χ2n) is 6.29. The summed E-state index contributed by atoms with van der Waals surface area (Å²) in [6.45, 7) is 7.05. The van der Waals surface area contributed by atoms with Gasteiger partial charge in [0.05, 0.1) is 18.8 Å². The average molecular weight is 356 g/mol. The van der Waals surface area contributed by atoms with Gasteiger partial charge in [-0.2, -0.15) is 0 Å². The molecular weight excluding hydrogens is 328 g/mol. The molecule has 2 aromatic rings. The van der Waals surface area contributed by atoms with Gasteiger partial charge in [-0.3, -0.25) is 0 Å². The molecule has 0 heterocycles. The Morgan fingerprint density at radius 3 is 2.31 bits per heavy atom. The fourth-order valence-corrected chi connectivity index (χ4v) is 2.47. The third kappa shape index (κ3) is 6.52. The first-order valence-corrected chi connectivity index (χ1v) is 9.20. The SMILES string of the molecule is CCC(C)c1ccc(OC(C)OCCCOC(=O)c2ccccc2)cc1. The summed E-state index contributed by atoms with van der Waals surface area (Å²) in [5.74, 6) is 1.03. The van der Waals surface area contributed by atoms with Crippen LogP contribution < -0.4 is 4.74 Å². The third-order valence-electron chi connectivity index (χ3n) is 4.25. The Bertz CT molecular complexity index is 652. The van der Waals surface area contributed by atoms with Crippen LogP contribution in [-0.4, -0.2) is 25.5 Å². The van der Waals surface area contributed by atoms with Crippen molar-refractivity contribution in [2.75, 3.05) is 13.2 Å². The molecule has 26 heavy (non-hydrogen) atoms. The lowest BCUT2D eigenvalue weighted by molar-refractivity contribution is -0.0701. The van der Waals surface area contributed by atoms with Gasteiger partial charge in [0.2, 0.25) is 0 Å². The lowest BCUT2D eigenvalue weighted by Gasteiger charge is -2.16. The van der Waals surface area contributed by atoms with Crippen LogP contribution >= 0.6 is 0 Å². The van der Waals surface area contributed by atoms with E-state index in [9.17, 15) is 4.79 Å². The van der Waals surface area contributed by atoms with Crippen LogP contribution in [0.1, 0.15) is 55.5 Å². The fourth-order valence-electron chi connectivity index (χ4n) is 2.47. The number of carbonyl (C=O) groups excluding carboxylic acids is 1. The minimum Gasteiger partial charge on any atom is -0.465 e. The zero-order valence-corrected chi connectivity index (χ0v) is 15.8. The topological polar surface area (TPSA) is 44.8 Å². The summed E-state index contributed by atoms with van der Waals surface area (Å²) < 4.78 is 16.6. The van der Waals surface area contributed by atoms with E-state index in [0.29, 0.717) is 31.1 Å². The van der Waals surface area contributed by atoms with E-state index in [1.807, 2.05) is 37.3 Å². The molecule has 0 saturated heterocycles. The maximum atomic E-state index is 11.8. The highest BCUT2D eigenvalue weighted by Gasteiger charge is 2.08. The van der Waals surface area contributed by atoms with E-state index in [-0.39, 0.29) is 12.3 Å². The molecule has 2 unspecified atom stereocenters. The summed E-state index contributed by atoms with van der Waals surface area (Å²) in [7, 11) is 0. The Labute approximate surface area is 156 Å². The van der Waals surface area contributed by atoms with Gasteiger partial charge >= 0.3 is 5.97 Å². The van der Waals surface area contributed by atoms with Crippen LogP contribution in [0.15, 0.2) is 54.6 Å². The Morgan fingerprint density at radius 2 is 1.65 bits per heavy atom. The van der Waals surface area contributed by atoms with Crippen LogP contribution in [0.3, 0.4) is 0 Å². The number of carbonyl (C=O) groups is 1. The molecule has 2 atom stereocenters. The highest BCUT2D eigenvalue weighted by Crippen LogP contribution is 2.22. The van der Waals surface area contributed by atoms with Gasteiger partial charge in [0.25, 0.3) is 0 Å². The van der Waals surface area contributed by atoms with Gasteiger partial charge in [-0.05, 0) is 49.1 Å². The van der Waals surface area contributed by atoms with Crippen molar-refractivity contribution in [3.05, 3.63) is 65.7 Å². The Morgan fingerprint density at radius 1 is 0.962 bits per heavy atom. The van der Waals surface area contributed by atoms with Gasteiger partial charge in [0, 0.05) is 6.42 Å². The van der Waals surface area contributed by atoms with Crippen LogP contribution in [0.2, 0.25) is 0 Å². The molecule has 0 aromatic heterocycles. The average Bonchev–Trinajstić information content (AvgIpc) is 2.68.